The molecule has 0 rings (SSSR count). The second-order valence-electron chi connectivity index (χ2n) is 12.0. The van der Waals surface area contributed by atoms with Gasteiger partial charge < -0.3 is 24.2 Å². The molecule has 44 heavy (non-hydrogen) atoms. The van der Waals surface area contributed by atoms with Crippen molar-refractivity contribution < 1.29 is 28.9 Å². The maximum atomic E-state index is 11.9. The van der Waals surface area contributed by atoms with Crippen molar-refractivity contribution in [1.29, 1.82) is 0 Å². The lowest BCUT2D eigenvalue weighted by Gasteiger charge is -2.21. The molecule has 0 aromatic rings. The maximum absolute atomic E-state index is 11.9. The molecule has 0 amide bonds. The Hall–Kier alpha value is -1.34. The summed E-state index contributed by atoms with van der Waals surface area (Å²) in [5.74, 6) is -0.0287. The molecule has 1 N–H and O–H groups in total. The zero-order valence-corrected chi connectivity index (χ0v) is 30.0. The Kier molecular flexibility index (Phi) is 38.5. The largest absolute Gasteiger partial charge is 0.508 e. The monoisotopic (exact) mass is 630 g/mol. The minimum absolute atomic E-state index is 0.00769. The third-order valence-corrected chi connectivity index (χ3v) is 7.87. The summed E-state index contributed by atoms with van der Waals surface area (Å²) in [6, 6.07) is 0. The number of unbranched alkanes of at least 4 members (excludes halogenated alkanes) is 15. The van der Waals surface area contributed by atoms with E-state index in [-0.39, 0.29) is 18.7 Å². The summed E-state index contributed by atoms with van der Waals surface area (Å²) in [6.45, 7) is 14.5. The van der Waals surface area contributed by atoms with E-state index in [0.29, 0.717) is 19.6 Å². The van der Waals surface area contributed by atoms with Crippen molar-refractivity contribution in [2.45, 2.75) is 188 Å². The molecular formula is C37H75NO6. The van der Waals surface area contributed by atoms with Crippen LogP contribution in [0.15, 0.2) is 0 Å². The van der Waals surface area contributed by atoms with Gasteiger partial charge in [-0.2, -0.15) is 0 Å². The van der Waals surface area contributed by atoms with E-state index < -0.39 is 6.16 Å². The van der Waals surface area contributed by atoms with Crippen molar-refractivity contribution in [3.8, 4) is 0 Å². The van der Waals surface area contributed by atoms with Crippen LogP contribution >= 0.6 is 0 Å². The molecular weight excluding hydrogens is 554 g/mol. The fraction of sp³-hybridized carbons (Fsp3) is 0.946. The van der Waals surface area contributed by atoms with E-state index in [1.807, 2.05) is 13.8 Å². The number of aliphatic hydroxyl groups is 1. The molecule has 0 aromatic carbocycles. The van der Waals surface area contributed by atoms with Gasteiger partial charge in [-0.1, -0.05) is 131 Å². The van der Waals surface area contributed by atoms with Gasteiger partial charge >= 0.3 is 12.1 Å². The standard InChI is InChI=1S/C35H69NO6.C2H6/c1-4-7-9-10-14-19-26-34(38)40-31-22-17-12-11-15-20-27-36(29-30-37)28-21-16-13-18-23-32-41-35(39)42-33(24-6-3)25-8-5-2;1-2/h33,37H,4-32H2,1-3H3;1-2H3. The molecule has 0 fully saturated rings. The van der Waals surface area contributed by atoms with Crippen LogP contribution in [-0.4, -0.2) is 67.7 Å². The van der Waals surface area contributed by atoms with Crippen LogP contribution in [0.4, 0.5) is 4.79 Å². The SMILES string of the molecule is CC.CCCCCCCCC(=O)OCCCCCCCCN(CCO)CCCCCCCOC(=O)OC(CCC)CCCC. The van der Waals surface area contributed by atoms with Gasteiger partial charge in [0.2, 0.25) is 0 Å². The van der Waals surface area contributed by atoms with Crippen molar-refractivity contribution in [3.05, 3.63) is 0 Å². The normalized spacial score (nSPS) is 11.6. The van der Waals surface area contributed by atoms with Crippen LogP contribution in [0.5, 0.6) is 0 Å². The van der Waals surface area contributed by atoms with Gasteiger partial charge in [0, 0.05) is 13.0 Å². The number of esters is 1. The van der Waals surface area contributed by atoms with Gasteiger partial charge in [0.1, 0.15) is 6.10 Å². The number of aliphatic hydroxyl groups excluding tert-OH is 1. The van der Waals surface area contributed by atoms with E-state index in [1.54, 1.807) is 0 Å². The Morgan fingerprint density at radius 1 is 0.568 bits per heavy atom. The molecule has 0 radical (unpaired) electrons. The molecule has 0 aromatic heterocycles. The number of hydrogen-bond donors (Lipinski definition) is 1. The van der Waals surface area contributed by atoms with E-state index >= 15 is 0 Å². The molecule has 7 heteroatoms. The van der Waals surface area contributed by atoms with Crippen molar-refractivity contribution >= 4 is 12.1 Å². The molecule has 0 heterocycles. The second kappa shape index (κ2) is 37.8. The van der Waals surface area contributed by atoms with Crippen molar-refractivity contribution in [2.24, 2.45) is 0 Å². The summed E-state index contributed by atoms with van der Waals surface area (Å²) in [5, 5.41) is 9.43. The van der Waals surface area contributed by atoms with E-state index in [1.165, 1.54) is 44.9 Å². The van der Waals surface area contributed by atoms with Crippen LogP contribution in [0.25, 0.3) is 0 Å². The summed E-state index contributed by atoms with van der Waals surface area (Å²) >= 11 is 0. The van der Waals surface area contributed by atoms with E-state index in [2.05, 4.69) is 25.7 Å². The highest BCUT2D eigenvalue weighted by Gasteiger charge is 2.14. The fourth-order valence-corrected chi connectivity index (χ4v) is 5.24. The highest BCUT2D eigenvalue weighted by Crippen LogP contribution is 2.13. The third-order valence-electron chi connectivity index (χ3n) is 7.87. The molecule has 0 aliphatic rings. The summed E-state index contributed by atoms with van der Waals surface area (Å²) in [6.07, 6.45) is 24.5. The van der Waals surface area contributed by atoms with Gasteiger partial charge in [-0.15, -0.1) is 0 Å². The highest BCUT2D eigenvalue weighted by molar-refractivity contribution is 5.69. The number of hydrogen-bond acceptors (Lipinski definition) is 7. The van der Waals surface area contributed by atoms with Gasteiger partial charge in [0.05, 0.1) is 19.8 Å². The molecule has 0 saturated heterocycles. The number of carbonyl (C=O) groups is 2. The van der Waals surface area contributed by atoms with Crippen LogP contribution in [0.3, 0.4) is 0 Å². The first-order chi connectivity index (χ1) is 21.6. The van der Waals surface area contributed by atoms with Crippen LogP contribution in [0.1, 0.15) is 182 Å². The number of ether oxygens (including phenoxy) is 3. The zero-order chi connectivity index (χ0) is 32.9. The Balaban J connectivity index is 0. The Morgan fingerprint density at radius 3 is 1.61 bits per heavy atom. The first-order valence-corrected chi connectivity index (χ1v) is 18.9. The summed E-state index contributed by atoms with van der Waals surface area (Å²) in [7, 11) is 0. The lowest BCUT2D eigenvalue weighted by Crippen LogP contribution is -2.29. The number of rotatable bonds is 32. The van der Waals surface area contributed by atoms with Gasteiger partial charge in [-0.05, 0) is 58.0 Å². The maximum Gasteiger partial charge on any atom is 0.508 e. The smallest absolute Gasteiger partial charge is 0.466 e. The first-order valence-electron chi connectivity index (χ1n) is 18.9. The first kappa shape index (κ1) is 44.8. The average Bonchev–Trinajstić information content (AvgIpc) is 3.02. The summed E-state index contributed by atoms with van der Waals surface area (Å²) in [5.41, 5.74) is 0. The quantitative estimate of drug-likeness (QED) is 0.0585. The third kappa shape index (κ3) is 33.6. The van der Waals surface area contributed by atoms with Gasteiger partial charge in [0.15, 0.2) is 0 Å². The van der Waals surface area contributed by atoms with E-state index in [4.69, 9.17) is 14.2 Å². The molecule has 7 nitrogen and oxygen atoms in total. The van der Waals surface area contributed by atoms with Crippen molar-refractivity contribution in [2.75, 3.05) is 39.5 Å². The molecule has 0 bridgehead atoms. The van der Waals surface area contributed by atoms with Crippen LogP contribution in [0, 0.1) is 0 Å². The predicted molar refractivity (Wildman–Crippen MR) is 185 cm³/mol. The molecule has 1 atom stereocenters. The zero-order valence-electron chi connectivity index (χ0n) is 30.0. The van der Waals surface area contributed by atoms with Gasteiger partial charge in [-0.25, -0.2) is 4.79 Å². The van der Waals surface area contributed by atoms with E-state index in [9.17, 15) is 14.7 Å². The number of carbonyl (C=O) groups excluding carboxylic acids is 2. The lowest BCUT2D eigenvalue weighted by atomic mass is 10.1. The Morgan fingerprint density at radius 2 is 1.07 bits per heavy atom. The predicted octanol–water partition coefficient (Wildman–Crippen LogP) is 10.4. The van der Waals surface area contributed by atoms with E-state index in [0.717, 1.165) is 116 Å². The molecule has 0 saturated carbocycles. The topological polar surface area (TPSA) is 85.3 Å². The van der Waals surface area contributed by atoms with Crippen molar-refractivity contribution in [3.63, 3.8) is 0 Å². The van der Waals surface area contributed by atoms with Crippen LogP contribution in [0.2, 0.25) is 0 Å². The fourth-order valence-electron chi connectivity index (χ4n) is 5.24. The van der Waals surface area contributed by atoms with Gasteiger partial charge in [0.25, 0.3) is 0 Å². The molecule has 1 unspecified atom stereocenters. The summed E-state index contributed by atoms with van der Waals surface area (Å²) in [4.78, 5) is 26.1. The molecule has 0 aliphatic heterocycles. The second-order valence-corrected chi connectivity index (χ2v) is 12.0. The van der Waals surface area contributed by atoms with Crippen molar-refractivity contribution in [1.82, 2.24) is 4.90 Å². The highest BCUT2D eigenvalue weighted by atomic mass is 16.7. The average molecular weight is 630 g/mol. The Labute approximate surface area is 273 Å². The minimum atomic E-state index is -0.510. The lowest BCUT2D eigenvalue weighted by molar-refractivity contribution is -0.143. The minimum Gasteiger partial charge on any atom is -0.466 e. The molecule has 264 valence electrons. The van der Waals surface area contributed by atoms with Crippen LogP contribution < -0.4 is 0 Å². The Bertz CT molecular complexity index is 588. The number of nitrogens with zero attached hydrogens (tertiary/aromatic N) is 1. The summed E-state index contributed by atoms with van der Waals surface area (Å²) < 4.78 is 16.1. The van der Waals surface area contributed by atoms with Gasteiger partial charge in [-0.3, -0.25) is 4.79 Å². The molecule has 0 spiro atoms. The molecule has 0 aliphatic carbocycles. The van der Waals surface area contributed by atoms with Crippen LogP contribution in [-0.2, 0) is 19.0 Å².